The van der Waals surface area contributed by atoms with Gasteiger partial charge < -0.3 is 0 Å². The van der Waals surface area contributed by atoms with Gasteiger partial charge >= 0.3 is 0 Å². The Balaban J connectivity index is 2.36. The summed E-state index contributed by atoms with van der Waals surface area (Å²) in [4.78, 5) is 2.44. The van der Waals surface area contributed by atoms with E-state index in [1.165, 1.54) is 32.0 Å². The molecule has 5 heteroatoms. The zero-order valence-corrected chi connectivity index (χ0v) is 19.4. The van der Waals surface area contributed by atoms with Crippen LogP contribution < -0.4 is 0 Å². The van der Waals surface area contributed by atoms with Crippen LogP contribution in [0.5, 0.6) is 0 Å². The van der Waals surface area contributed by atoms with Gasteiger partial charge in [0.1, 0.15) is 0 Å². The maximum absolute atomic E-state index is 4.64. The molecule has 0 heterocycles. The van der Waals surface area contributed by atoms with Gasteiger partial charge in [-0.2, -0.15) is 50.5 Å². The van der Waals surface area contributed by atoms with Gasteiger partial charge in [-0.25, -0.2) is 0 Å². The highest BCUT2D eigenvalue weighted by Crippen LogP contribution is 2.38. The Morgan fingerprint density at radius 3 is 1.16 bits per heavy atom. The zero-order chi connectivity index (χ0) is 18.7. The number of rotatable bonds is 6. The highest BCUT2D eigenvalue weighted by Gasteiger charge is 2.14. The molecule has 0 aliphatic heterocycles. The van der Waals surface area contributed by atoms with Crippen molar-refractivity contribution in [2.24, 2.45) is 0 Å². The van der Waals surface area contributed by atoms with Gasteiger partial charge in [-0.1, -0.05) is 23.9 Å². The van der Waals surface area contributed by atoms with Crippen molar-refractivity contribution in [3.63, 3.8) is 0 Å². The second kappa shape index (κ2) is 9.41. The van der Waals surface area contributed by atoms with Crippen molar-refractivity contribution in [3.05, 3.63) is 58.7 Å². The van der Waals surface area contributed by atoms with E-state index in [0.717, 1.165) is 0 Å². The standard InChI is InChI=1S/C20H26S5/c1-11(21)17-7-5-15(9-19(17)13(3)23)25-16-6-8-18(12(2)22)20(10-16)14(4)24/h5-14,21-24H,1-4H3. The van der Waals surface area contributed by atoms with Crippen LogP contribution in [0.1, 0.15) is 70.9 Å². The zero-order valence-electron chi connectivity index (χ0n) is 15.0. The Labute approximate surface area is 178 Å². The minimum Gasteiger partial charge on any atom is -0.171 e. The van der Waals surface area contributed by atoms with Gasteiger partial charge in [0.15, 0.2) is 0 Å². The lowest BCUT2D eigenvalue weighted by Gasteiger charge is -2.18. The molecule has 0 nitrogen and oxygen atoms in total. The largest absolute Gasteiger partial charge is 0.171 e. The van der Waals surface area contributed by atoms with Crippen molar-refractivity contribution in [2.75, 3.05) is 0 Å². The topological polar surface area (TPSA) is 0 Å². The molecule has 4 unspecified atom stereocenters. The summed E-state index contributed by atoms with van der Waals surface area (Å²) >= 11 is 20.2. The van der Waals surface area contributed by atoms with E-state index in [4.69, 9.17) is 0 Å². The molecule has 0 radical (unpaired) electrons. The van der Waals surface area contributed by atoms with E-state index in [0.29, 0.717) is 0 Å². The molecule has 0 bridgehead atoms. The third-order valence-electron chi connectivity index (χ3n) is 4.15. The van der Waals surface area contributed by atoms with Crippen LogP contribution >= 0.6 is 62.3 Å². The summed E-state index contributed by atoms with van der Waals surface area (Å²) in [6.07, 6.45) is 0. The monoisotopic (exact) mass is 426 g/mol. The Hall–Kier alpha value is 0.190. The van der Waals surface area contributed by atoms with Gasteiger partial charge in [-0.15, -0.1) is 0 Å². The molecule has 4 atom stereocenters. The molecule has 0 aromatic heterocycles. The van der Waals surface area contributed by atoms with E-state index in [1.807, 2.05) is 0 Å². The number of hydrogen-bond donors (Lipinski definition) is 4. The molecule has 0 fully saturated rings. The number of benzene rings is 2. The van der Waals surface area contributed by atoms with Crippen LogP contribution in [0.15, 0.2) is 46.2 Å². The Morgan fingerprint density at radius 1 is 0.560 bits per heavy atom. The van der Waals surface area contributed by atoms with Crippen LogP contribution in [0, 0.1) is 0 Å². The van der Waals surface area contributed by atoms with Crippen LogP contribution in [-0.2, 0) is 0 Å². The third-order valence-corrected chi connectivity index (χ3v) is 6.24. The maximum atomic E-state index is 4.64. The minimum absolute atomic E-state index is 0.186. The number of thiol groups is 4. The van der Waals surface area contributed by atoms with E-state index in [1.54, 1.807) is 11.8 Å². The summed E-state index contributed by atoms with van der Waals surface area (Å²) in [6, 6.07) is 13.2. The summed E-state index contributed by atoms with van der Waals surface area (Å²) in [6.45, 7) is 8.41. The fourth-order valence-corrected chi connectivity index (χ4v) is 4.69. The van der Waals surface area contributed by atoms with Crippen LogP contribution in [0.3, 0.4) is 0 Å². The first-order valence-corrected chi connectivity index (χ1v) is 11.3. The lowest BCUT2D eigenvalue weighted by Crippen LogP contribution is -1.97. The molecule has 0 saturated carbocycles. The first-order valence-electron chi connectivity index (χ1n) is 8.38. The van der Waals surface area contributed by atoms with E-state index in [2.05, 4.69) is 115 Å². The molecule has 0 amide bonds. The average Bonchev–Trinajstić information content (AvgIpc) is 2.54. The predicted octanol–water partition coefficient (Wildman–Crippen LogP) is 7.80. The molecule has 0 aliphatic carbocycles. The molecule has 2 aromatic carbocycles. The molecule has 25 heavy (non-hydrogen) atoms. The smallest absolute Gasteiger partial charge is 0.0242 e. The van der Waals surface area contributed by atoms with Gasteiger partial charge in [-0.3, -0.25) is 0 Å². The summed E-state index contributed by atoms with van der Waals surface area (Å²) in [5, 5.41) is 0.782. The van der Waals surface area contributed by atoms with Gasteiger partial charge in [0.2, 0.25) is 0 Å². The summed E-state index contributed by atoms with van der Waals surface area (Å²) in [5.41, 5.74) is 5.00. The van der Waals surface area contributed by atoms with Crippen molar-refractivity contribution in [2.45, 2.75) is 58.5 Å². The second-order valence-electron chi connectivity index (χ2n) is 6.39. The fraction of sp³-hybridized carbons (Fsp3) is 0.400. The molecule has 0 saturated heterocycles. The van der Waals surface area contributed by atoms with Crippen LogP contribution in [-0.4, -0.2) is 0 Å². The Bertz CT molecular complexity index is 659. The fourth-order valence-electron chi connectivity index (χ4n) is 2.85. The molecule has 136 valence electrons. The van der Waals surface area contributed by atoms with E-state index >= 15 is 0 Å². The molecule has 0 N–H and O–H groups in total. The third kappa shape index (κ3) is 5.58. The first kappa shape index (κ1) is 21.5. The van der Waals surface area contributed by atoms with E-state index < -0.39 is 0 Å². The maximum Gasteiger partial charge on any atom is 0.0242 e. The molecule has 2 rings (SSSR count). The van der Waals surface area contributed by atoms with Gasteiger partial charge in [-0.05, 0) is 74.2 Å². The summed E-state index contributed by atoms with van der Waals surface area (Å²) in [5.74, 6) is 0. The normalized spacial score (nSPS) is 16.3. The minimum atomic E-state index is 0.186. The average molecular weight is 427 g/mol. The van der Waals surface area contributed by atoms with Crippen molar-refractivity contribution >= 4 is 62.3 Å². The van der Waals surface area contributed by atoms with E-state index in [9.17, 15) is 0 Å². The van der Waals surface area contributed by atoms with Crippen LogP contribution in [0.25, 0.3) is 0 Å². The van der Waals surface area contributed by atoms with Crippen LogP contribution in [0.4, 0.5) is 0 Å². The molecule has 0 spiro atoms. The van der Waals surface area contributed by atoms with Gasteiger partial charge in [0, 0.05) is 30.8 Å². The van der Waals surface area contributed by atoms with Crippen molar-refractivity contribution in [1.82, 2.24) is 0 Å². The van der Waals surface area contributed by atoms with Crippen molar-refractivity contribution in [3.8, 4) is 0 Å². The molecular weight excluding hydrogens is 401 g/mol. The van der Waals surface area contributed by atoms with Crippen molar-refractivity contribution < 1.29 is 0 Å². The van der Waals surface area contributed by atoms with Crippen LogP contribution in [0.2, 0.25) is 0 Å². The SMILES string of the molecule is CC(S)c1ccc(Sc2ccc(C(C)S)c(C(C)S)c2)cc1C(C)S. The lowest BCUT2D eigenvalue weighted by molar-refractivity contribution is 0.996. The summed E-state index contributed by atoms with van der Waals surface area (Å²) < 4.78 is 0. The quantitative estimate of drug-likeness (QED) is 0.342. The Kier molecular flexibility index (Phi) is 8.08. The summed E-state index contributed by atoms with van der Waals surface area (Å²) in [7, 11) is 0. The van der Waals surface area contributed by atoms with E-state index in [-0.39, 0.29) is 21.0 Å². The van der Waals surface area contributed by atoms with Gasteiger partial charge in [0.05, 0.1) is 0 Å². The van der Waals surface area contributed by atoms with Gasteiger partial charge in [0.25, 0.3) is 0 Å². The Morgan fingerprint density at radius 2 is 0.880 bits per heavy atom. The molecular formula is C20H26S5. The molecule has 2 aromatic rings. The second-order valence-corrected chi connectivity index (χ2v) is 10.6. The molecule has 0 aliphatic rings. The highest BCUT2D eigenvalue weighted by molar-refractivity contribution is 7.99. The van der Waals surface area contributed by atoms with Crippen molar-refractivity contribution in [1.29, 1.82) is 0 Å². The number of hydrogen-bond acceptors (Lipinski definition) is 5. The first-order chi connectivity index (χ1) is 11.7. The lowest BCUT2D eigenvalue weighted by atomic mass is 10.0. The highest BCUT2D eigenvalue weighted by atomic mass is 32.2. The predicted molar refractivity (Wildman–Crippen MR) is 127 cm³/mol.